The third kappa shape index (κ3) is 6.23. The van der Waals surface area contributed by atoms with Crippen LogP contribution in [0.15, 0.2) is 66.7 Å². The van der Waals surface area contributed by atoms with E-state index in [9.17, 15) is 9.59 Å². The average Bonchev–Trinajstić information content (AvgIpc) is 2.95. The van der Waals surface area contributed by atoms with Gasteiger partial charge in [-0.3, -0.25) is 14.5 Å². The molecule has 0 saturated carbocycles. The molecule has 38 heavy (non-hydrogen) atoms. The van der Waals surface area contributed by atoms with Crippen molar-refractivity contribution in [2.45, 2.75) is 26.3 Å². The van der Waals surface area contributed by atoms with Crippen LogP contribution in [0, 0.1) is 6.92 Å². The predicted molar refractivity (Wildman–Crippen MR) is 151 cm³/mol. The molecule has 7 nitrogen and oxygen atoms in total. The summed E-state index contributed by atoms with van der Waals surface area (Å²) in [7, 11) is 0. The first-order chi connectivity index (χ1) is 18.6. The molecule has 0 atom stereocenters. The number of benzene rings is 3. The number of carbonyl (C=O) groups is 2. The molecular weight excluding hydrogens is 476 g/mol. The van der Waals surface area contributed by atoms with Crippen molar-refractivity contribution in [2.75, 3.05) is 56.2 Å². The summed E-state index contributed by atoms with van der Waals surface area (Å²) in [5.41, 5.74) is 6.26. The van der Waals surface area contributed by atoms with Gasteiger partial charge in [-0.1, -0.05) is 42.5 Å². The average molecular weight is 513 g/mol. The number of nitrogens with zero attached hydrogens (tertiary/aromatic N) is 2. The van der Waals surface area contributed by atoms with Gasteiger partial charge in [-0.2, -0.15) is 0 Å². The minimum absolute atomic E-state index is 0.118. The molecule has 3 aromatic rings. The first-order valence-corrected chi connectivity index (χ1v) is 13.5. The van der Waals surface area contributed by atoms with Crippen LogP contribution in [0.2, 0.25) is 0 Å². The third-order valence-electron chi connectivity index (χ3n) is 7.40. The molecule has 2 heterocycles. The van der Waals surface area contributed by atoms with Crippen LogP contribution in [-0.4, -0.2) is 62.7 Å². The van der Waals surface area contributed by atoms with Crippen molar-refractivity contribution in [1.82, 2.24) is 10.2 Å². The largest absolute Gasteiger partial charge is 0.379 e. The maximum Gasteiger partial charge on any atom is 0.255 e. The van der Waals surface area contributed by atoms with Gasteiger partial charge in [0.15, 0.2) is 0 Å². The minimum atomic E-state index is -0.181. The van der Waals surface area contributed by atoms with Gasteiger partial charge in [-0.15, -0.1) is 0 Å². The number of morpholine rings is 1. The maximum atomic E-state index is 13.5. The number of nitrogens with one attached hydrogen (secondary N) is 2. The van der Waals surface area contributed by atoms with Crippen molar-refractivity contribution in [3.63, 3.8) is 0 Å². The van der Waals surface area contributed by atoms with E-state index in [1.165, 1.54) is 11.1 Å². The van der Waals surface area contributed by atoms with E-state index in [0.29, 0.717) is 23.4 Å². The molecule has 0 aliphatic carbocycles. The van der Waals surface area contributed by atoms with Crippen LogP contribution in [0.25, 0.3) is 0 Å². The van der Waals surface area contributed by atoms with E-state index in [1.807, 2.05) is 49.4 Å². The summed E-state index contributed by atoms with van der Waals surface area (Å²) in [4.78, 5) is 31.1. The zero-order valence-corrected chi connectivity index (χ0v) is 22.0. The Labute approximate surface area is 224 Å². The maximum absolute atomic E-state index is 13.5. The van der Waals surface area contributed by atoms with E-state index in [-0.39, 0.29) is 11.8 Å². The van der Waals surface area contributed by atoms with Crippen molar-refractivity contribution in [1.29, 1.82) is 0 Å². The molecule has 2 N–H and O–H groups in total. The molecule has 7 heteroatoms. The second-order valence-electron chi connectivity index (χ2n) is 10.0. The van der Waals surface area contributed by atoms with Crippen LogP contribution in [0.5, 0.6) is 0 Å². The second kappa shape index (κ2) is 12.2. The van der Waals surface area contributed by atoms with E-state index in [1.54, 1.807) is 0 Å². The quantitative estimate of drug-likeness (QED) is 0.441. The van der Waals surface area contributed by atoms with Crippen molar-refractivity contribution in [2.24, 2.45) is 0 Å². The third-order valence-corrected chi connectivity index (χ3v) is 7.40. The van der Waals surface area contributed by atoms with Crippen molar-refractivity contribution < 1.29 is 14.3 Å². The predicted octanol–water partition coefficient (Wildman–Crippen LogP) is 4.26. The van der Waals surface area contributed by atoms with Crippen LogP contribution in [0.4, 0.5) is 11.4 Å². The topological polar surface area (TPSA) is 73.9 Å². The van der Waals surface area contributed by atoms with E-state index in [0.717, 1.165) is 70.0 Å². The second-order valence-corrected chi connectivity index (χ2v) is 10.0. The van der Waals surface area contributed by atoms with Gasteiger partial charge < -0.3 is 20.3 Å². The van der Waals surface area contributed by atoms with Crippen molar-refractivity contribution in [3.8, 4) is 0 Å². The van der Waals surface area contributed by atoms with E-state index in [4.69, 9.17) is 4.74 Å². The Hall–Kier alpha value is -3.68. The highest BCUT2D eigenvalue weighted by molar-refractivity contribution is 6.07. The summed E-state index contributed by atoms with van der Waals surface area (Å²) in [6.07, 6.45) is 1.81. The first-order valence-electron chi connectivity index (χ1n) is 13.5. The Morgan fingerprint density at radius 3 is 2.45 bits per heavy atom. The van der Waals surface area contributed by atoms with Gasteiger partial charge in [0.1, 0.15) is 0 Å². The fourth-order valence-electron chi connectivity index (χ4n) is 5.22. The molecule has 2 aliphatic heterocycles. The Bertz CT molecular complexity index is 1290. The Morgan fingerprint density at radius 1 is 0.868 bits per heavy atom. The molecule has 2 aliphatic rings. The summed E-state index contributed by atoms with van der Waals surface area (Å²) in [6, 6.07) is 21.6. The lowest BCUT2D eigenvalue weighted by Gasteiger charge is -2.32. The fourth-order valence-corrected chi connectivity index (χ4v) is 5.22. The van der Waals surface area contributed by atoms with E-state index < -0.39 is 0 Å². The van der Waals surface area contributed by atoms with Crippen LogP contribution in [0.3, 0.4) is 0 Å². The standard InChI is InChI=1S/C31H36N4O3/c1-23-7-2-5-10-27(23)31(37)33-26-11-12-29(35-16-13-24-8-3-4-9-25(24)22-35)28(21-26)30(36)32-14-6-15-34-17-19-38-20-18-34/h2-5,7-12,21H,6,13-20,22H2,1H3,(H,32,36)(H,33,37). The molecule has 1 fully saturated rings. The lowest BCUT2D eigenvalue weighted by molar-refractivity contribution is 0.0374. The summed E-state index contributed by atoms with van der Waals surface area (Å²) < 4.78 is 5.42. The first kappa shape index (κ1) is 25.9. The van der Waals surface area contributed by atoms with Gasteiger partial charge >= 0.3 is 0 Å². The zero-order valence-electron chi connectivity index (χ0n) is 22.0. The molecule has 198 valence electrons. The molecule has 1 saturated heterocycles. The minimum Gasteiger partial charge on any atom is -0.379 e. The Balaban J connectivity index is 1.33. The molecule has 0 spiro atoms. The molecule has 0 unspecified atom stereocenters. The smallest absolute Gasteiger partial charge is 0.255 e. The number of ether oxygens (including phenoxy) is 1. The highest BCUT2D eigenvalue weighted by Crippen LogP contribution is 2.30. The normalized spacial score (nSPS) is 15.6. The van der Waals surface area contributed by atoms with Crippen LogP contribution in [0.1, 0.15) is 43.8 Å². The number of hydrogen-bond acceptors (Lipinski definition) is 5. The lowest BCUT2D eigenvalue weighted by Crippen LogP contribution is -2.38. The molecule has 0 aromatic heterocycles. The Kier molecular flexibility index (Phi) is 8.36. The molecule has 0 radical (unpaired) electrons. The van der Waals surface area contributed by atoms with Crippen molar-refractivity contribution in [3.05, 3.63) is 94.5 Å². The molecule has 5 rings (SSSR count). The molecule has 3 aromatic carbocycles. The molecule has 2 amide bonds. The van der Waals surface area contributed by atoms with Crippen LogP contribution >= 0.6 is 0 Å². The summed E-state index contributed by atoms with van der Waals surface area (Å²) >= 11 is 0. The number of hydrogen-bond donors (Lipinski definition) is 2. The molecule has 0 bridgehead atoms. The van der Waals surface area contributed by atoms with E-state index >= 15 is 0 Å². The number of aryl methyl sites for hydroxylation is 1. The van der Waals surface area contributed by atoms with Gasteiger partial charge in [-0.05, 0) is 67.3 Å². The summed E-state index contributed by atoms with van der Waals surface area (Å²) in [5, 5.41) is 6.12. The highest BCUT2D eigenvalue weighted by atomic mass is 16.5. The van der Waals surface area contributed by atoms with Gasteiger partial charge in [0.2, 0.25) is 0 Å². The summed E-state index contributed by atoms with van der Waals surface area (Å²) in [5.74, 6) is -0.299. The van der Waals surface area contributed by atoms with Gasteiger partial charge in [0.05, 0.1) is 18.8 Å². The fraction of sp³-hybridized carbons (Fsp3) is 0.355. The highest BCUT2D eigenvalue weighted by Gasteiger charge is 2.22. The van der Waals surface area contributed by atoms with E-state index in [2.05, 4.69) is 44.7 Å². The number of amides is 2. The van der Waals surface area contributed by atoms with Crippen molar-refractivity contribution >= 4 is 23.2 Å². The monoisotopic (exact) mass is 512 g/mol. The number of anilines is 2. The number of fused-ring (bicyclic) bond motifs is 1. The number of carbonyl (C=O) groups excluding carboxylic acids is 2. The summed E-state index contributed by atoms with van der Waals surface area (Å²) in [6.45, 7) is 8.47. The molecular formula is C31H36N4O3. The van der Waals surface area contributed by atoms with Crippen LogP contribution in [-0.2, 0) is 17.7 Å². The SMILES string of the molecule is Cc1ccccc1C(=O)Nc1ccc(N2CCc3ccccc3C2)c(C(=O)NCCCN2CCOCC2)c1. The lowest BCUT2D eigenvalue weighted by atomic mass is 9.98. The van der Waals surface area contributed by atoms with Gasteiger partial charge in [-0.25, -0.2) is 0 Å². The van der Waals surface area contributed by atoms with Gasteiger partial charge in [0, 0.05) is 49.7 Å². The van der Waals surface area contributed by atoms with Gasteiger partial charge in [0.25, 0.3) is 11.8 Å². The van der Waals surface area contributed by atoms with Crippen LogP contribution < -0.4 is 15.5 Å². The Morgan fingerprint density at radius 2 is 1.63 bits per heavy atom. The zero-order chi connectivity index (χ0) is 26.3. The number of rotatable bonds is 8.